The summed E-state index contributed by atoms with van der Waals surface area (Å²) in [6.45, 7) is 9.18. The maximum atomic E-state index is 11.6. The molecule has 0 unspecified atom stereocenters. The van der Waals surface area contributed by atoms with Crippen molar-refractivity contribution in [3.05, 3.63) is 12.2 Å². The van der Waals surface area contributed by atoms with E-state index in [-0.39, 0.29) is 0 Å². The largest absolute Gasteiger partial charge is 0.462 e. The Morgan fingerprint density at radius 1 is 0.731 bits per heavy atom. The van der Waals surface area contributed by atoms with Gasteiger partial charge in [0, 0.05) is 51.4 Å². The highest BCUT2D eigenvalue weighted by Crippen LogP contribution is 2.00. The molecule has 2 aliphatic heterocycles. The molecule has 148 valence electrons. The van der Waals surface area contributed by atoms with Crippen LogP contribution in [-0.4, -0.2) is 101 Å². The lowest BCUT2D eigenvalue weighted by Crippen LogP contribution is -2.37. The number of morpholine rings is 2. The van der Waals surface area contributed by atoms with Crippen LogP contribution in [0.3, 0.4) is 0 Å². The van der Waals surface area contributed by atoms with Crippen LogP contribution in [0.5, 0.6) is 0 Å². The van der Waals surface area contributed by atoms with Gasteiger partial charge in [0.1, 0.15) is 0 Å². The topological polar surface area (TPSA) is 77.5 Å². The third-order valence-corrected chi connectivity index (χ3v) is 4.29. The predicted octanol–water partition coefficient (Wildman–Crippen LogP) is 0.0736. The summed E-state index contributed by atoms with van der Waals surface area (Å²) in [5.74, 6) is -1.03. The Kier molecular flexibility index (Phi) is 10.3. The van der Waals surface area contributed by atoms with Gasteiger partial charge in [-0.1, -0.05) is 0 Å². The van der Waals surface area contributed by atoms with Crippen LogP contribution in [0.15, 0.2) is 12.2 Å². The van der Waals surface area contributed by atoms with Crippen LogP contribution in [0.1, 0.15) is 12.8 Å². The number of esters is 2. The fourth-order valence-electron chi connectivity index (χ4n) is 2.80. The van der Waals surface area contributed by atoms with Crippen molar-refractivity contribution in [1.82, 2.24) is 9.80 Å². The highest BCUT2D eigenvalue weighted by molar-refractivity contribution is 5.91. The minimum atomic E-state index is -0.516. The van der Waals surface area contributed by atoms with Crippen LogP contribution in [0.2, 0.25) is 0 Å². The fraction of sp³-hybridized carbons (Fsp3) is 0.778. The highest BCUT2D eigenvalue weighted by Gasteiger charge is 2.11. The maximum Gasteiger partial charge on any atom is 0.331 e. The van der Waals surface area contributed by atoms with Crippen molar-refractivity contribution in [2.75, 3.05) is 78.9 Å². The minimum absolute atomic E-state index is 0.342. The zero-order valence-electron chi connectivity index (χ0n) is 15.4. The SMILES string of the molecule is O=C(/C=C/C(=O)OCCCN1CCOCC1)OCCCN1CCOCC1. The fourth-order valence-corrected chi connectivity index (χ4v) is 2.80. The molecular weight excluding hydrogens is 340 g/mol. The monoisotopic (exact) mass is 370 g/mol. The van der Waals surface area contributed by atoms with E-state index in [1.54, 1.807) is 0 Å². The number of hydrogen-bond acceptors (Lipinski definition) is 8. The molecule has 26 heavy (non-hydrogen) atoms. The molecule has 0 amide bonds. The molecule has 2 fully saturated rings. The lowest BCUT2D eigenvalue weighted by molar-refractivity contribution is -0.140. The number of nitrogens with zero attached hydrogens (tertiary/aromatic N) is 2. The molecule has 0 aromatic rings. The maximum absolute atomic E-state index is 11.6. The van der Waals surface area contributed by atoms with Crippen LogP contribution < -0.4 is 0 Å². The van der Waals surface area contributed by atoms with E-state index in [1.165, 1.54) is 0 Å². The summed E-state index contributed by atoms with van der Waals surface area (Å²) in [7, 11) is 0. The normalized spacial score (nSPS) is 19.5. The Bertz CT molecular complexity index is 405. The van der Waals surface area contributed by atoms with Crippen molar-refractivity contribution in [1.29, 1.82) is 0 Å². The van der Waals surface area contributed by atoms with Gasteiger partial charge in [0.05, 0.1) is 39.6 Å². The Hall–Kier alpha value is -1.48. The van der Waals surface area contributed by atoms with Gasteiger partial charge in [0.2, 0.25) is 0 Å². The summed E-state index contributed by atoms with van der Waals surface area (Å²) in [5.41, 5.74) is 0. The molecule has 2 aliphatic rings. The first-order valence-electron chi connectivity index (χ1n) is 9.36. The second-order valence-electron chi connectivity index (χ2n) is 6.28. The average Bonchev–Trinajstić information content (AvgIpc) is 2.68. The van der Waals surface area contributed by atoms with Crippen molar-refractivity contribution in [2.45, 2.75) is 12.8 Å². The van der Waals surface area contributed by atoms with E-state index < -0.39 is 11.9 Å². The summed E-state index contributed by atoms with van der Waals surface area (Å²) in [4.78, 5) is 27.7. The summed E-state index contributed by atoms with van der Waals surface area (Å²) in [6, 6.07) is 0. The molecule has 0 aromatic heterocycles. The first kappa shape index (κ1) is 20.8. The molecule has 8 heteroatoms. The van der Waals surface area contributed by atoms with E-state index >= 15 is 0 Å². The van der Waals surface area contributed by atoms with E-state index in [9.17, 15) is 9.59 Å². The number of rotatable bonds is 10. The van der Waals surface area contributed by atoms with Crippen LogP contribution in [-0.2, 0) is 28.5 Å². The van der Waals surface area contributed by atoms with Gasteiger partial charge in [0.25, 0.3) is 0 Å². The molecular formula is C18H30N2O6. The van der Waals surface area contributed by atoms with Gasteiger partial charge < -0.3 is 18.9 Å². The third kappa shape index (κ3) is 9.28. The van der Waals surface area contributed by atoms with E-state index in [2.05, 4.69) is 9.80 Å². The average molecular weight is 370 g/mol. The molecule has 2 saturated heterocycles. The molecule has 0 N–H and O–H groups in total. The van der Waals surface area contributed by atoms with Crippen LogP contribution in [0.4, 0.5) is 0 Å². The van der Waals surface area contributed by atoms with Crippen LogP contribution in [0.25, 0.3) is 0 Å². The minimum Gasteiger partial charge on any atom is -0.462 e. The standard InChI is InChI=1S/C18H30N2O6/c21-17(25-11-1-5-19-7-13-23-14-8-19)3-4-18(22)26-12-2-6-20-9-15-24-16-10-20/h3-4H,1-2,5-16H2/b4-3+. The van der Waals surface area contributed by atoms with Crippen molar-refractivity contribution < 1.29 is 28.5 Å². The zero-order valence-corrected chi connectivity index (χ0v) is 15.4. The molecule has 2 heterocycles. The van der Waals surface area contributed by atoms with Gasteiger partial charge in [-0.05, 0) is 12.8 Å². The van der Waals surface area contributed by atoms with Crippen molar-refractivity contribution >= 4 is 11.9 Å². The van der Waals surface area contributed by atoms with Gasteiger partial charge in [-0.25, -0.2) is 9.59 Å². The number of carbonyl (C=O) groups is 2. The van der Waals surface area contributed by atoms with Crippen LogP contribution in [0, 0.1) is 0 Å². The molecule has 0 radical (unpaired) electrons. The Morgan fingerprint density at radius 2 is 1.12 bits per heavy atom. The van der Waals surface area contributed by atoms with E-state index in [0.29, 0.717) is 13.2 Å². The van der Waals surface area contributed by atoms with Crippen molar-refractivity contribution in [2.24, 2.45) is 0 Å². The number of carbonyl (C=O) groups excluding carboxylic acids is 2. The summed E-state index contributed by atoms with van der Waals surface area (Å²) in [6.07, 6.45) is 3.79. The smallest absolute Gasteiger partial charge is 0.331 e. The molecule has 0 atom stereocenters. The Labute approximate surface area is 155 Å². The summed E-state index contributed by atoms with van der Waals surface area (Å²) in [5, 5.41) is 0. The first-order valence-corrected chi connectivity index (χ1v) is 9.36. The van der Waals surface area contributed by atoms with Gasteiger partial charge in [0.15, 0.2) is 0 Å². The van der Waals surface area contributed by atoms with Crippen LogP contribution >= 0.6 is 0 Å². The summed E-state index contributed by atoms with van der Waals surface area (Å²) < 4.78 is 20.7. The lowest BCUT2D eigenvalue weighted by Gasteiger charge is -2.26. The second kappa shape index (κ2) is 12.8. The van der Waals surface area contributed by atoms with Gasteiger partial charge in [-0.2, -0.15) is 0 Å². The van der Waals surface area contributed by atoms with Gasteiger partial charge >= 0.3 is 11.9 Å². The highest BCUT2D eigenvalue weighted by atomic mass is 16.5. The molecule has 2 rings (SSSR count). The molecule has 0 saturated carbocycles. The van der Waals surface area contributed by atoms with Crippen molar-refractivity contribution in [3.63, 3.8) is 0 Å². The van der Waals surface area contributed by atoms with Crippen molar-refractivity contribution in [3.8, 4) is 0 Å². The molecule has 0 spiro atoms. The third-order valence-electron chi connectivity index (χ3n) is 4.29. The molecule has 0 aromatic carbocycles. The second-order valence-corrected chi connectivity index (χ2v) is 6.28. The number of hydrogen-bond donors (Lipinski definition) is 0. The first-order chi connectivity index (χ1) is 12.7. The summed E-state index contributed by atoms with van der Waals surface area (Å²) >= 11 is 0. The number of ether oxygens (including phenoxy) is 4. The lowest BCUT2D eigenvalue weighted by atomic mass is 10.3. The predicted molar refractivity (Wildman–Crippen MR) is 94.8 cm³/mol. The van der Waals surface area contributed by atoms with E-state index in [0.717, 1.165) is 90.7 Å². The molecule has 0 bridgehead atoms. The van der Waals surface area contributed by atoms with E-state index in [4.69, 9.17) is 18.9 Å². The Morgan fingerprint density at radius 3 is 1.50 bits per heavy atom. The zero-order chi connectivity index (χ0) is 18.5. The van der Waals surface area contributed by atoms with Gasteiger partial charge in [-0.3, -0.25) is 9.80 Å². The Balaban J connectivity index is 1.45. The van der Waals surface area contributed by atoms with Gasteiger partial charge in [-0.15, -0.1) is 0 Å². The quantitative estimate of drug-likeness (QED) is 0.304. The molecule has 8 nitrogen and oxygen atoms in total. The molecule has 0 aliphatic carbocycles. The van der Waals surface area contributed by atoms with E-state index in [1.807, 2.05) is 0 Å².